The van der Waals surface area contributed by atoms with Gasteiger partial charge in [-0.25, -0.2) is 8.42 Å². The van der Waals surface area contributed by atoms with E-state index in [1.54, 1.807) is 37.3 Å². The fraction of sp³-hybridized carbons (Fsp3) is 0.240. The fourth-order valence-corrected chi connectivity index (χ4v) is 4.49. The molecule has 8 heteroatoms. The zero-order valence-electron chi connectivity index (χ0n) is 19.0. The van der Waals surface area contributed by atoms with E-state index < -0.39 is 16.1 Å². The molecule has 0 saturated carbocycles. The second kappa shape index (κ2) is 10.3. The Hall–Kier alpha value is -3.03. The lowest BCUT2D eigenvalue weighted by Gasteiger charge is -2.19. The molecule has 0 aliphatic heterocycles. The summed E-state index contributed by atoms with van der Waals surface area (Å²) in [6, 6.07) is 16.7. The van der Waals surface area contributed by atoms with Crippen LogP contribution in [0.3, 0.4) is 0 Å². The molecule has 0 bridgehead atoms. The highest BCUT2D eigenvalue weighted by Gasteiger charge is 2.21. The van der Waals surface area contributed by atoms with Crippen molar-refractivity contribution in [3.63, 3.8) is 0 Å². The summed E-state index contributed by atoms with van der Waals surface area (Å²) in [6.07, 6.45) is -0.199. The van der Waals surface area contributed by atoms with Gasteiger partial charge in [0.05, 0.1) is 10.6 Å². The number of sulfonamides is 1. The summed E-state index contributed by atoms with van der Waals surface area (Å²) in [4.78, 5) is 12.8. The monoisotopic (exact) mass is 486 g/mol. The van der Waals surface area contributed by atoms with E-state index in [9.17, 15) is 13.2 Å². The van der Waals surface area contributed by atoms with Crippen molar-refractivity contribution in [1.82, 2.24) is 0 Å². The Morgan fingerprint density at radius 2 is 1.64 bits per heavy atom. The van der Waals surface area contributed by atoms with Gasteiger partial charge < -0.3 is 10.1 Å². The number of ether oxygens (including phenoxy) is 1. The van der Waals surface area contributed by atoms with Gasteiger partial charge in [-0.2, -0.15) is 0 Å². The second-order valence-electron chi connectivity index (χ2n) is 7.74. The van der Waals surface area contributed by atoms with Gasteiger partial charge in [0.15, 0.2) is 6.10 Å². The zero-order valence-corrected chi connectivity index (χ0v) is 20.5. The number of aryl methyl sites for hydroxylation is 1. The summed E-state index contributed by atoms with van der Waals surface area (Å²) in [5.41, 5.74) is 3.60. The quantitative estimate of drug-likeness (QED) is 0.417. The van der Waals surface area contributed by atoms with Crippen molar-refractivity contribution in [3.05, 3.63) is 82.4 Å². The molecule has 3 aromatic rings. The predicted octanol–water partition coefficient (Wildman–Crippen LogP) is 5.86. The topological polar surface area (TPSA) is 84.5 Å². The van der Waals surface area contributed by atoms with Crippen LogP contribution in [0, 0.1) is 20.8 Å². The van der Waals surface area contributed by atoms with Crippen LogP contribution in [0.25, 0.3) is 0 Å². The van der Waals surface area contributed by atoms with Crippen LogP contribution in [0.15, 0.2) is 65.6 Å². The smallest absolute Gasteiger partial charge is 0.265 e. The lowest BCUT2D eigenvalue weighted by Crippen LogP contribution is -2.32. The van der Waals surface area contributed by atoms with Gasteiger partial charge in [-0.05, 0) is 86.3 Å². The van der Waals surface area contributed by atoms with E-state index in [0.717, 1.165) is 11.1 Å². The molecule has 0 saturated heterocycles. The van der Waals surface area contributed by atoms with Crippen LogP contribution < -0.4 is 14.8 Å². The van der Waals surface area contributed by atoms with E-state index in [1.807, 2.05) is 39.0 Å². The third-order valence-corrected chi connectivity index (χ3v) is 7.22. The summed E-state index contributed by atoms with van der Waals surface area (Å²) in [6.45, 7) is 7.55. The minimum atomic E-state index is -3.81. The van der Waals surface area contributed by atoms with Gasteiger partial charge in [-0.3, -0.25) is 9.52 Å². The van der Waals surface area contributed by atoms with Crippen LogP contribution in [0.2, 0.25) is 5.02 Å². The summed E-state index contributed by atoms with van der Waals surface area (Å²) >= 11 is 6.08. The summed E-state index contributed by atoms with van der Waals surface area (Å²) in [5.74, 6) is 0.363. The van der Waals surface area contributed by atoms with E-state index in [1.165, 1.54) is 12.1 Å². The Morgan fingerprint density at radius 1 is 0.970 bits per heavy atom. The first kappa shape index (κ1) is 24.6. The third-order valence-electron chi connectivity index (χ3n) is 5.43. The maximum Gasteiger partial charge on any atom is 0.265 e. The Balaban J connectivity index is 1.70. The molecule has 0 aliphatic rings. The van der Waals surface area contributed by atoms with Gasteiger partial charge >= 0.3 is 0 Å². The minimum Gasteiger partial charge on any atom is -0.480 e. The highest BCUT2D eigenvalue weighted by atomic mass is 35.5. The normalized spacial score (nSPS) is 12.2. The Labute approximate surface area is 200 Å². The first-order valence-electron chi connectivity index (χ1n) is 10.5. The molecule has 6 nitrogen and oxygen atoms in total. The van der Waals surface area contributed by atoms with E-state index in [4.69, 9.17) is 16.3 Å². The van der Waals surface area contributed by atoms with Crippen molar-refractivity contribution in [1.29, 1.82) is 0 Å². The lowest BCUT2D eigenvalue weighted by atomic mass is 10.1. The molecule has 2 N–H and O–H groups in total. The van der Waals surface area contributed by atoms with E-state index in [-0.39, 0.29) is 10.8 Å². The van der Waals surface area contributed by atoms with E-state index in [0.29, 0.717) is 34.1 Å². The molecule has 0 radical (unpaired) electrons. The standard InChI is InChI=1S/C25H27ClN2O4S/c1-5-23(32-24-11-6-8-16(2)17(24)3)25(29)27-19-12-14-20(15-13-19)33(30,31)28-22-10-7-9-21(26)18(22)4/h6-15,23,28H,5H2,1-4H3,(H,27,29)/t23-/m0/s1. The largest absolute Gasteiger partial charge is 0.480 e. The third kappa shape index (κ3) is 5.86. The molecule has 3 rings (SSSR count). The van der Waals surface area contributed by atoms with Crippen LogP contribution in [0.1, 0.15) is 30.0 Å². The molecule has 0 unspecified atom stereocenters. The average Bonchev–Trinajstić information content (AvgIpc) is 2.78. The van der Waals surface area contributed by atoms with Crippen molar-refractivity contribution in [3.8, 4) is 5.75 Å². The van der Waals surface area contributed by atoms with Crippen LogP contribution in [-0.4, -0.2) is 20.4 Å². The average molecular weight is 487 g/mol. The molecule has 0 heterocycles. The Kier molecular flexibility index (Phi) is 7.66. The van der Waals surface area contributed by atoms with Crippen molar-refractivity contribution in [2.24, 2.45) is 0 Å². The van der Waals surface area contributed by atoms with Gasteiger partial charge in [-0.1, -0.05) is 36.7 Å². The Bertz CT molecular complexity index is 1260. The van der Waals surface area contributed by atoms with Gasteiger partial charge in [0, 0.05) is 10.7 Å². The number of amides is 1. The zero-order chi connectivity index (χ0) is 24.2. The van der Waals surface area contributed by atoms with Gasteiger partial charge in [0.2, 0.25) is 0 Å². The highest BCUT2D eigenvalue weighted by Crippen LogP contribution is 2.26. The van der Waals surface area contributed by atoms with Crippen molar-refractivity contribution in [2.45, 2.75) is 45.1 Å². The lowest BCUT2D eigenvalue weighted by molar-refractivity contribution is -0.122. The molecule has 0 spiro atoms. The first-order valence-corrected chi connectivity index (χ1v) is 12.4. The van der Waals surface area contributed by atoms with Crippen LogP contribution >= 0.6 is 11.6 Å². The molecule has 1 amide bonds. The van der Waals surface area contributed by atoms with Crippen molar-refractivity contribution < 1.29 is 17.9 Å². The molecule has 0 aliphatic carbocycles. The molecular formula is C25H27ClN2O4S. The predicted molar refractivity (Wildman–Crippen MR) is 133 cm³/mol. The van der Waals surface area contributed by atoms with Gasteiger partial charge in [-0.15, -0.1) is 0 Å². The molecule has 0 aromatic heterocycles. The fourth-order valence-electron chi connectivity index (χ4n) is 3.19. The maximum atomic E-state index is 12.8. The molecule has 33 heavy (non-hydrogen) atoms. The number of hydrogen-bond donors (Lipinski definition) is 2. The molecule has 0 fully saturated rings. The minimum absolute atomic E-state index is 0.0681. The summed E-state index contributed by atoms with van der Waals surface area (Å²) in [5, 5.41) is 3.27. The molecule has 3 aromatic carbocycles. The molecular weight excluding hydrogens is 460 g/mol. The summed E-state index contributed by atoms with van der Waals surface area (Å²) < 4.78 is 34.0. The van der Waals surface area contributed by atoms with Gasteiger partial charge in [0.25, 0.3) is 15.9 Å². The van der Waals surface area contributed by atoms with Crippen LogP contribution in [0.4, 0.5) is 11.4 Å². The highest BCUT2D eigenvalue weighted by molar-refractivity contribution is 7.92. The number of carbonyl (C=O) groups excluding carboxylic acids is 1. The van der Waals surface area contributed by atoms with Crippen LogP contribution in [-0.2, 0) is 14.8 Å². The number of benzene rings is 3. The number of carbonyl (C=O) groups is 1. The number of rotatable bonds is 8. The van der Waals surface area contributed by atoms with Crippen molar-refractivity contribution in [2.75, 3.05) is 10.0 Å². The molecule has 174 valence electrons. The van der Waals surface area contributed by atoms with Crippen molar-refractivity contribution >= 4 is 38.9 Å². The van der Waals surface area contributed by atoms with Crippen LogP contribution in [0.5, 0.6) is 5.75 Å². The first-order chi connectivity index (χ1) is 15.6. The molecule has 1 atom stereocenters. The second-order valence-corrected chi connectivity index (χ2v) is 9.83. The SMILES string of the molecule is CC[C@H](Oc1cccc(C)c1C)C(=O)Nc1ccc(S(=O)(=O)Nc2cccc(Cl)c2C)cc1. The summed E-state index contributed by atoms with van der Waals surface area (Å²) in [7, 11) is -3.81. The van der Waals surface area contributed by atoms with E-state index in [2.05, 4.69) is 10.0 Å². The Morgan fingerprint density at radius 3 is 2.30 bits per heavy atom. The number of hydrogen-bond acceptors (Lipinski definition) is 4. The number of anilines is 2. The maximum absolute atomic E-state index is 12.8. The number of halogens is 1. The number of nitrogens with one attached hydrogen (secondary N) is 2. The van der Waals surface area contributed by atoms with Gasteiger partial charge in [0.1, 0.15) is 5.75 Å². The van der Waals surface area contributed by atoms with E-state index >= 15 is 0 Å².